The Kier molecular flexibility index (Phi) is 6.61. The number of pyridine rings is 1. The van der Waals surface area contributed by atoms with E-state index >= 15 is 0 Å². The summed E-state index contributed by atoms with van der Waals surface area (Å²) < 4.78 is 11.1. The van der Waals surface area contributed by atoms with Gasteiger partial charge in [0.05, 0.1) is 26.0 Å². The standard InChI is InChI=1S/C19H24N2O3/c1-14(2)9-11-24-17-8-7-15(12-18(17)23-3)19(22)21-13-16-6-4-5-10-20-16/h4-8,10,12,14H,9,11,13H2,1-3H3,(H,21,22). The first-order valence-corrected chi connectivity index (χ1v) is 8.09. The van der Waals surface area contributed by atoms with Crippen molar-refractivity contribution in [3.63, 3.8) is 0 Å². The maximum absolute atomic E-state index is 12.3. The van der Waals surface area contributed by atoms with Crippen LogP contribution in [0.5, 0.6) is 11.5 Å². The third-order valence-electron chi connectivity index (χ3n) is 3.53. The molecule has 0 bridgehead atoms. The molecule has 2 rings (SSSR count). The highest BCUT2D eigenvalue weighted by Crippen LogP contribution is 2.28. The van der Waals surface area contributed by atoms with Gasteiger partial charge in [0.25, 0.3) is 5.91 Å². The number of aromatic nitrogens is 1. The molecule has 0 aliphatic heterocycles. The van der Waals surface area contributed by atoms with Crippen LogP contribution in [-0.4, -0.2) is 24.6 Å². The highest BCUT2D eigenvalue weighted by Gasteiger charge is 2.11. The second-order valence-electron chi connectivity index (χ2n) is 5.90. The number of amides is 1. The molecule has 0 unspecified atom stereocenters. The van der Waals surface area contributed by atoms with E-state index in [1.807, 2.05) is 18.2 Å². The van der Waals surface area contributed by atoms with Crippen LogP contribution >= 0.6 is 0 Å². The van der Waals surface area contributed by atoms with Crippen LogP contribution in [0.3, 0.4) is 0 Å². The third kappa shape index (κ3) is 5.26. The maximum atomic E-state index is 12.3. The number of nitrogens with zero attached hydrogens (tertiary/aromatic N) is 1. The lowest BCUT2D eigenvalue weighted by atomic mass is 10.1. The Morgan fingerprint density at radius 2 is 2.04 bits per heavy atom. The van der Waals surface area contributed by atoms with Gasteiger partial charge in [-0.25, -0.2) is 0 Å². The molecule has 128 valence electrons. The van der Waals surface area contributed by atoms with Crippen LogP contribution < -0.4 is 14.8 Å². The predicted octanol–water partition coefficient (Wildman–Crippen LogP) is 3.45. The zero-order valence-electron chi connectivity index (χ0n) is 14.4. The van der Waals surface area contributed by atoms with Crippen molar-refractivity contribution in [3.05, 3.63) is 53.9 Å². The summed E-state index contributed by atoms with van der Waals surface area (Å²) in [6, 6.07) is 10.8. The molecule has 24 heavy (non-hydrogen) atoms. The largest absolute Gasteiger partial charge is 0.493 e. The van der Waals surface area contributed by atoms with E-state index in [0.717, 1.165) is 12.1 Å². The van der Waals surface area contributed by atoms with Crippen molar-refractivity contribution in [2.75, 3.05) is 13.7 Å². The van der Waals surface area contributed by atoms with E-state index in [-0.39, 0.29) is 5.91 Å². The van der Waals surface area contributed by atoms with Crippen molar-refractivity contribution in [1.82, 2.24) is 10.3 Å². The van der Waals surface area contributed by atoms with E-state index in [2.05, 4.69) is 24.1 Å². The van der Waals surface area contributed by atoms with Gasteiger partial charge in [-0.1, -0.05) is 19.9 Å². The molecule has 2 aromatic rings. The molecule has 1 N–H and O–H groups in total. The van der Waals surface area contributed by atoms with Gasteiger partial charge in [0, 0.05) is 11.8 Å². The van der Waals surface area contributed by atoms with Crippen molar-refractivity contribution in [2.24, 2.45) is 5.92 Å². The van der Waals surface area contributed by atoms with Gasteiger partial charge in [-0.05, 0) is 42.7 Å². The molecule has 0 spiro atoms. The van der Waals surface area contributed by atoms with Gasteiger partial charge in [0.2, 0.25) is 0 Å². The molecular formula is C19H24N2O3. The van der Waals surface area contributed by atoms with Gasteiger partial charge < -0.3 is 14.8 Å². The van der Waals surface area contributed by atoms with Crippen molar-refractivity contribution in [3.8, 4) is 11.5 Å². The average molecular weight is 328 g/mol. The summed E-state index contributed by atoms with van der Waals surface area (Å²) in [6.07, 6.45) is 2.67. The summed E-state index contributed by atoms with van der Waals surface area (Å²) in [5, 5.41) is 2.85. The van der Waals surface area contributed by atoms with Crippen molar-refractivity contribution in [1.29, 1.82) is 0 Å². The molecule has 0 radical (unpaired) electrons. The van der Waals surface area contributed by atoms with Crippen LogP contribution in [0.4, 0.5) is 0 Å². The van der Waals surface area contributed by atoms with Crippen LogP contribution in [0.15, 0.2) is 42.6 Å². The van der Waals surface area contributed by atoms with Gasteiger partial charge in [0.1, 0.15) is 0 Å². The highest BCUT2D eigenvalue weighted by atomic mass is 16.5. The fraction of sp³-hybridized carbons (Fsp3) is 0.368. The lowest BCUT2D eigenvalue weighted by Gasteiger charge is -2.13. The number of hydrogen-bond donors (Lipinski definition) is 1. The number of carbonyl (C=O) groups is 1. The summed E-state index contributed by atoms with van der Waals surface area (Å²) in [5.41, 5.74) is 1.34. The number of rotatable bonds is 8. The highest BCUT2D eigenvalue weighted by molar-refractivity contribution is 5.94. The summed E-state index contributed by atoms with van der Waals surface area (Å²) in [5.74, 6) is 1.61. The second-order valence-corrected chi connectivity index (χ2v) is 5.90. The number of methoxy groups -OCH3 is 1. The Hall–Kier alpha value is -2.56. The van der Waals surface area contributed by atoms with E-state index in [9.17, 15) is 4.79 Å². The first kappa shape index (κ1) is 17.8. The van der Waals surface area contributed by atoms with E-state index < -0.39 is 0 Å². The van der Waals surface area contributed by atoms with Crippen LogP contribution in [-0.2, 0) is 6.54 Å². The van der Waals surface area contributed by atoms with Gasteiger partial charge in [0.15, 0.2) is 11.5 Å². The quantitative estimate of drug-likeness (QED) is 0.806. The normalized spacial score (nSPS) is 10.5. The molecule has 0 saturated carbocycles. The Morgan fingerprint density at radius 3 is 2.71 bits per heavy atom. The third-order valence-corrected chi connectivity index (χ3v) is 3.53. The molecule has 5 heteroatoms. The molecular weight excluding hydrogens is 304 g/mol. The SMILES string of the molecule is COc1cc(C(=O)NCc2ccccn2)ccc1OCCC(C)C. The first-order valence-electron chi connectivity index (χ1n) is 8.09. The van der Waals surface area contributed by atoms with Gasteiger partial charge in [-0.15, -0.1) is 0 Å². The minimum atomic E-state index is -0.173. The van der Waals surface area contributed by atoms with Crippen LogP contribution in [0.2, 0.25) is 0 Å². The second kappa shape index (κ2) is 8.91. The summed E-state index contributed by atoms with van der Waals surface area (Å²) >= 11 is 0. The zero-order chi connectivity index (χ0) is 17.4. The molecule has 1 aromatic carbocycles. The molecule has 0 saturated heterocycles. The number of nitrogens with one attached hydrogen (secondary N) is 1. The van der Waals surface area contributed by atoms with E-state index in [1.165, 1.54) is 0 Å². The smallest absolute Gasteiger partial charge is 0.251 e. The molecule has 0 aliphatic rings. The molecule has 0 aliphatic carbocycles. The zero-order valence-corrected chi connectivity index (χ0v) is 14.4. The topological polar surface area (TPSA) is 60.5 Å². The number of carbonyl (C=O) groups excluding carboxylic acids is 1. The van der Waals surface area contributed by atoms with E-state index in [4.69, 9.17) is 9.47 Å². The van der Waals surface area contributed by atoms with Crippen LogP contribution in [0.1, 0.15) is 36.3 Å². The fourth-order valence-electron chi connectivity index (χ4n) is 2.11. The molecule has 1 aromatic heterocycles. The monoisotopic (exact) mass is 328 g/mol. The average Bonchev–Trinajstić information content (AvgIpc) is 2.60. The Morgan fingerprint density at radius 1 is 1.21 bits per heavy atom. The van der Waals surface area contributed by atoms with Crippen molar-refractivity contribution in [2.45, 2.75) is 26.8 Å². The van der Waals surface area contributed by atoms with Gasteiger partial charge in [-0.2, -0.15) is 0 Å². The van der Waals surface area contributed by atoms with E-state index in [1.54, 1.807) is 31.5 Å². The molecule has 1 amide bonds. The Balaban J connectivity index is 1.98. The minimum Gasteiger partial charge on any atom is -0.493 e. The van der Waals surface area contributed by atoms with Gasteiger partial charge >= 0.3 is 0 Å². The molecule has 0 fully saturated rings. The molecule has 1 heterocycles. The fourth-order valence-corrected chi connectivity index (χ4v) is 2.11. The summed E-state index contributed by atoms with van der Waals surface area (Å²) in [6.45, 7) is 5.30. The van der Waals surface area contributed by atoms with E-state index in [0.29, 0.717) is 36.1 Å². The van der Waals surface area contributed by atoms with Crippen LogP contribution in [0.25, 0.3) is 0 Å². The predicted molar refractivity (Wildman–Crippen MR) is 93.4 cm³/mol. The summed E-state index contributed by atoms with van der Waals surface area (Å²) in [7, 11) is 1.57. The first-order chi connectivity index (χ1) is 11.6. The lowest BCUT2D eigenvalue weighted by molar-refractivity contribution is 0.0950. The van der Waals surface area contributed by atoms with Gasteiger partial charge in [-0.3, -0.25) is 9.78 Å². The van der Waals surface area contributed by atoms with Crippen LogP contribution in [0, 0.1) is 5.92 Å². The maximum Gasteiger partial charge on any atom is 0.251 e. The molecule has 0 atom stereocenters. The minimum absolute atomic E-state index is 0.173. The molecule has 5 nitrogen and oxygen atoms in total. The number of ether oxygens (including phenoxy) is 2. The summed E-state index contributed by atoms with van der Waals surface area (Å²) in [4.78, 5) is 16.4. The number of hydrogen-bond acceptors (Lipinski definition) is 4. The number of benzene rings is 1. The Bertz CT molecular complexity index is 657. The van der Waals surface area contributed by atoms with Crippen molar-refractivity contribution >= 4 is 5.91 Å². The van der Waals surface area contributed by atoms with Crippen molar-refractivity contribution < 1.29 is 14.3 Å². The Labute approximate surface area is 143 Å². The lowest BCUT2D eigenvalue weighted by Crippen LogP contribution is -2.23.